The normalized spacial score (nSPS) is 31.7. The third-order valence-corrected chi connectivity index (χ3v) is 2.54. The Morgan fingerprint density at radius 3 is 2.62 bits per heavy atom. The van der Waals surface area contributed by atoms with Crippen molar-refractivity contribution in [2.45, 2.75) is 25.7 Å². The number of benzene rings is 1. The maximum Gasteiger partial charge on any atom is 0.169 e. The molecule has 0 heterocycles. The molecule has 0 aliphatic heterocycles. The number of hydrogen-bond donors (Lipinski definition) is 1. The summed E-state index contributed by atoms with van der Waals surface area (Å²) in [5.74, 6) is -0.549. The van der Waals surface area contributed by atoms with Gasteiger partial charge in [0.2, 0.25) is 0 Å². The molecule has 1 aromatic rings. The van der Waals surface area contributed by atoms with Gasteiger partial charge in [0.1, 0.15) is 0 Å². The third kappa shape index (κ3) is 1.90. The summed E-state index contributed by atoms with van der Waals surface area (Å²) in [7, 11) is 0. The summed E-state index contributed by atoms with van der Waals surface area (Å²) in [6.07, 6.45) is 0.764. The summed E-state index contributed by atoms with van der Waals surface area (Å²) in [5, 5.41) is 9.64. The maximum absolute atomic E-state index is 9.64. The van der Waals surface area contributed by atoms with Crippen molar-refractivity contribution in [3.05, 3.63) is 35.9 Å². The van der Waals surface area contributed by atoms with Gasteiger partial charge in [-0.1, -0.05) is 37.3 Å². The monoisotopic (exact) mass is 178 g/mol. The Balaban J connectivity index is 1.87. The molecule has 1 fully saturated rings. The first-order valence-corrected chi connectivity index (χ1v) is 4.61. The molecule has 1 N–H and O–H groups in total. The second kappa shape index (κ2) is 3.13. The van der Waals surface area contributed by atoms with E-state index in [2.05, 4.69) is 0 Å². The molecule has 0 spiro atoms. The van der Waals surface area contributed by atoms with Crippen molar-refractivity contribution in [1.82, 2.24) is 0 Å². The van der Waals surface area contributed by atoms with Crippen LogP contribution in [0.2, 0.25) is 0 Å². The molecule has 1 aliphatic rings. The van der Waals surface area contributed by atoms with Gasteiger partial charge in [-0.05, 0) is 5.56 Å². The molecule has 13 heavy (non-hydrogen) atoms. The van der Waals surface area contributed by atoms with Gasteiger partial charge in [-0.15, -0.1) is 0 Å². The zero-order valence-electron chi connectivity index (χ0n) is 7.73. The summed E-state index contributed by atoms with van der Waals surface area (Å²) >= 11 is 0. The molecule has 2 nitrogen and oxygen atoms in total. The average molecular weight is 178 g/mol. The van der Waals surface area contributed by atoms with E-state index in [-0.39, 0.29) is 5.92 Å². The highest BCUT2D eigenvalue weighted by atomic mass is 16.6. The molecule has 0 amide bonds. The molecular weight excluding hydrogens is 164 g/mol. The fourth-order valence-electron chi connectivity index (χ4n) is 1.36. The Kier molecular flexibility index (Phi) is 2.10. The summed E-state index contributed by atoms with van der Waals surface area (Å²) < 4.78 is 5.39. The molecule has 2 rings (SSSR count). The predicted octanol–water partition coefficient (Wildman–Crippen LogP) is 1.93. The lowest BCUT2D eigenvalue weighted by atomic mass is 10.2. The molecule has 70 valence electrons. The quantitative estimate of drug-likeness (QED) is 0.717. The molecule has 0 aromatic heterocycles. The van der Waals surface area contributed by atoms with Crippen LogP contribution in [-0.4, -0.2) is 10.9 Å². The minimum absolute atomic E-state index is 0.288. The van der Waals surface area contributed by atoms with Crippen molar-refractivity contribution in [3.8, 4) is 0 Å². The van der Waals surface area contributed by atoms with Crippen LogP contribution in [0.15, 0.2) is 30.3 Å². The van der Waals surface area contributed by atoms with Crippen LogP contribution < -0.4 is 0 Å². The minimum Gasteiger partial charge on any atom is -0.365 e. The highest BCUT2D eigenvalue weighted by molar-refractivity contribution is 5.13. The molecule has 2 atom stereocenters. The highest BCUT2D eigenvalue weighted by Gasteiger charge is 2.51. The van der Waals surface area contributed by atoms with Crippen LogP contribution in [0.1, 0.15) is 18.9 Å². The Labute approximate surface area is 78.2 Å². The van der Waals surface area contributed by atoms with Gasteiger partial charge in [-0.3, -0.25) is 0 Å². The van der Waals surface area contributed by atoms with E-state index in [1.807, 2.05) is 37.3 Å². The topological polar surface area (TPSA) is 29.5 Å². The lowest BCUT2D eigenvalue weighted by Gasteiger charge is -2.10. The lowest BCUT2D eigenvalue weighted by Crippen LogP contribution is -2.15. The number of aliphatic hydroxyl groups is 1. The summed E-state index contributed by atoms with van der Waals surface area (Å²) in [6, 6.07) is 9.91. The molecule has 1 aromatic carbocycles. The predicted molar refractivity (Wildman–Crippen MR) is 50.0 cm³/mol. The SMILES string of the molecule is CC1CC1(O)OCc1ccccc1. The van der Waals surface area contributed by atoms with Crippen molar-refractivity contribution >= 4 is 0 Å². The highest BCUT2D eigenvalue weighted by Crippen LogP contribution is 2.44. The number of ether oxygens (including phenoxy) is 1. The van der Waals surface area contributed by atoms with Crippen molar-refractivity contribution in [3.63, 3.8) is 0 Å². The van der Waals surface area contributed by atoms with Crippen LogP contribution >= 0.6 is 0 Å². The van der Waals surface area contributed by atoms with Gasteiger partial charge in [0.05, 0.1) is 6.61 Å². The largest absolute Gasteiger partial charge is 0.365 e. The maximum atomic E-state index is 9.64. The molecular formula is C11H14O2. The molecule has 0 radical (unpaired) electrons. The van der Waals surface area contributed by atoms with Crippen LogP contribution in [0, 0.1) is 5.92 Å². The third-order valence-electron chi connectivity index (χ3n) is 2.54. The van der Waals surface area contributed by atoms with Crippen LogP contribution in [0.3, 0.4) is 0 Å². The van der Waals surface area contributed by atoms with Gasteiger partial charge in [0.15, 0.2) is 5.79 Å². The fraction of sp³-hybridized carbons (Fsp3) is 0.455. The summed E-state index contributed by atoms with van der Waals surface area (Å²) in [6.45, 7) is 2.49. The van der Waals surface area contributed by atoms with Crippen LogP contribution in [-0.2, 0) is 11.3 Å². The molecule has 1 aliphatic carbocycles. The Morgan fingerprint density at radius 1 is 1.46 bits per heavy atom. The van der Waals surface area contributed by atoms with Crippen molar-refractivity contribution < 1.29 is 9.84 Å². The van der Waals surface area contributed by atoms with Gasteiger partial charge in [-0.2, -0.15) is 0 Å². The van der Waals surface area contributed by atoms with E-state index >= 15 is 0 Å². The van der Waals surface area contributed by atoms with E-state index in [1.54, 1.807) is 0 Å². The molecule has 0 bridgehead atoms. The molecule has 2 unspecified atom stereocenters. The molecule has 0 saturated heterocycles. The van der Waals surface area contributed by atoms with E-state index in [1.165, 1.54) is 0 Å². The van der Waals surface area contributed by atoms with Gasteiger partial charge in [-0.25, -0.2) is 0 Å². The van der Waals surface area contributed by atoms with E-state index in [4.69, 9.17) is 4.74 Å². The zero-order valence-corrected chi connectivity index (χ0v) is 7.73. The standard InChI is InChI=1S/C11H14O2/c1-9-7-11(9,12)13-8-10-5-3-2-4-6-10/h2-6,9,12H,7-8H2,1H3. The lowest BCUT2D eigenvalue weighted by molar-refractivity contribution is -0.143. The van der Waals surface area contributed by atoms with E-state index in [9.17, 15) is 5.11 Å². The Morgan fingerprint density at radius 2 is 2.08 bits per heavy atom. The second-order valence-electron chi connectivity index (χ2n) is 3.72. The van der Waals surface area contributed by atoms with Crippen LogP contribution in [0.25, 0.3) is 0 Å². The van der Waals surface area contributed by atoms with Gasteiger partial charge in [0.25, 0.3) is 0 Å². The molecule has 1 saturated carbocycles. The fourth-order valence-corrected chi connectivity index (χ4v) is 1.36. The van der Waals surface area contributed by atoms with E-state index in [0.29, 0.717) is 6.61 Å². The minimum atomic E-state index is -0.837. The van der Waals surface area contributed by atoms with Gasteiger partial charge in [0, 0.05) is 12.3 Å². The first kappa shape index (κ1) is 8.73. The van der Waals surface area contributed by atoms with E-state index in [0.717, 1.165) is 12.0 Å². The first-order valence-electron chi connectivity index (χ1n) is 4.61. The van der Waals surface area contributed by atoms with Crippen molar-refractivity contribution in [2.24, 2.45) is 5.92 Å². The Hall–Kier alpha value is -0.860. The van der Waals surface area contributed by atoms with Crippen molar-refractivity contribution in [2.75, 3.05) is 0 Å². The van der Waals surface area contributed by atoms with E-state index < -0.39 is 5.79 Å². The molecule has 2 heteroatoms. The number of rotatable bonds is 3. The smallest absolute Gasteiger partial charge is 0.169 e. The average Bonchev–Trinajstić information content (AvgIpc) is 2.74. The van der Waals surface area contributed by atoms with Crippen LogP contribution in [0.5, 0.6) is 0 Å². The van der Waals surface area contributed by atoms with Gasteiger partial charge < -0.3 is 9.84 Å². The second-order valence-corrected chi connectivity index (χ2v) is 3.72. The summed E-state index contributed by atoms with van der Waals surface area (Å²) in [5.41, 5.74) is 1.11. The number of hydrogen-bond acceptors (Lipinski definition) is 2. The Bertz CT molecular complexity index is 283. The van der Waals surface area contributed by atoms with Gasteiger partial charge >= 0.3 is 0 Å². The van der Waals surface area contributed by atoms with Crippen molar-refractivity contribution in [1.29, 1.82) is 0 Å². The van der Waals surface area contributed by atoms with Crippen LogP contribution in [0.4, 0.5) is 0 Å². The first-order chi connectivity index (χ1) is 6.21. The zero-order chi connectivity index (χ0) is 9.31. The summed E-state index contributed by atoms with van der Waals surface area (Å²) in [4.78, 5) is 0.